The Morgan fingerprint density at radius 1 is 1.62 bits per heavy atom. The summed E-state index contributed by atoms with van der Waals surface area (Å²) >= 11 is 2.52. The molecule has 1 heterocycles. The van der Waals surface area contributed by atoms with Crippen molar-refractivity contribution in [3.8, 4) is 0 Å². The average molecular weight is 225 g/mol. The Morgan fingerprint density at radius 2 is 2.25 bits per heavy atom. The maximum atomic E-state index is 2.52. The lowest BCUT2D eigenvalue weighted by atomic mass is 10.2. The molecule has 1 nitrogen and oxygen atoms in total. The van der Waals surface area contributed by atoms with Gasteiger partial charge < -0.3 is 0 Å². The number of hydrogen-bond donors (Lipinski definition) is 0. The topological polar surface area (TPSA) is 3.24 Å². The first-order valence-corrected chi connectivity index (χ1v) is 4.11. The number of likely N-dealkylation sites (tertiary alicyclic amines) is 1. The molecule has 1 aliphatic rings. The molecule has 8 heavy (non-hydrogen) atoms. The van der Waals surface area contributed by atoms with E-state index in [2.05, 4.69) is 41.5 Å². The van der Waals surface area contributed by atoms with Crippen molar-refractivity contribution in [1.29, 1.82) is 0 Å². The van der Waals surface area contributed by atoms with Crippen LogP contribution in [0, 0.1) is 0 Å². The lowest BCUT2D eigenvalue weighted by Gasteiger charge is -2.24. The Morgan fingerprint density at radius 3 is 2.38 bits per heavy atom. The number of alkyl halides is 1. The third-order valence-electron chi connectivity index (χ3n) is 1.92. The Balaban J connectivity index is 2.54. The summed E-state index contributed by atoms with van der Waals surface area (Å²) in [6, 6.07) is 0. The van der Waals surface area contributed by atoms with E-state index >= 15 is 0 Å². The van der Waals surface area contributed by atoms with E-state index in [9.17, 15) is 0 Å². The molecule has 0 saturated carbocycles. The van der Waals surface area contributed by atoms with E-state index in [-0.39, 0.29) is 0 Å². The van der Waals surface area contributed by atoms with Gasteiger partial charge in [-0.15, -0.1) is 0 Å². The maximum absolute atomic E-state index is 2.52. The van der Waals surface area contributed by atoms with E-state index < -0.39 is 0 Å². The molecule has 1 unspecified atom stereocenters. The zero-order chi connectivity index (χ0) is 6.20. The highest BCUT2D eigenvalue weighted by Crippen LogP contribution is 2.32. The fourth-order valence-corrected chi connectivity index (χ4v) is 1.69. The molecule has 0 aromatic heterocycles. The summed E-state index contributed by atoms with van der Waals surface area (Å²) in [5, 5.41) is 0. The molecular formula is C6H12IN. The summed E-state index contributed by atoms with van der Waals surface area (Å²) in [5.74, 6) is 0. The Labute approximate surface area is 64.6 Å². The fraction of sp³-hybridized carbons (Fsp3) is 1.00. The Bertz CT molecular complexity index is 90.5. The van der Waals surface area contributed by atoms with Gasteiger partial charge in [-0.1, -0.05) is 22.6 Å². The first-order chi connectivity index (χ1) is 3.63. The fourth-order valence-electron chi connectivity index (χ4n) is 1.06. The van der Waals surface area contributed by atoms with Crippen LogP contribution < -0.4 is 0 Å². The van der Waals surface area contributed by atoms with E-state index in [1.165, 1.54) is 19.4 Å². The van der Waals surface area contributed by atoms with Crippen LogP contribution in [0.2, 0.25) is 0 Å². The van der Waals surface area contributed by atoms with Crippen LogP contribution in [0.25, 0.3) is 0 Å². The third-order valence-corrected chi connectivity index (χ3v) is 3.29. The van der Waals surface area contributed by atoms with Gasteiger partial charge >= 0.3 is 0 Å². The predicted molar refractivity (Wildman–Crippen MR) is 44.3 cm³/mol. The minimum Gasteiger partial charge on any atom is -0.292 e. The van der Waals surface area contributed by atoms with Gasteiger partial charge in [0.2, 0.25) is 0 Å². The largest absolute Gasteiger partial charge is 0.292 e. The van der Waals surface area contributed by atoms with Gasteiger partial charge in [0.25, 0.3) is 0 Å². The maximum Gasteiger partial charge on any atom is 0.0699 e. The predicted octanol–water partition coefficient (Wildman–Crippen LogP) is 1.86. The van der Waals surface area contributed by atoms with Crippen molar-refractivity contribution in [2.24, 2.45) is 0 Å². The van der Waals surface area contributed by atoms with Crippen molar-refractivity contribution in [2.45, 2.75) is 23.3 Å². The minimum absolute atomic E-state index is 0.456. The quantitative estimate of drug-likeness (QED) is 0.345. The smallest absolute Gasteiger partial charge is 0.0699 e. The lowest BCUT2D eigenvalue weighted by molar-refractivity contribution is 0.314. The van der Waals surface area contributed by atoms with Crippen LogP contribution in [0.4, 0.5) is 0 Å². The second-order valence-corrected chi connectivity index (χ2v) is 4.99. The molecule has 1 saturated heterocycles. The van der Waals surface area contributed by atoms with Crippen LogP contribution in [-0.4, -0.2) is 22.0 Å². The van der Waals surface area contributed by atoms with E-state index in [0.717, 1.165) is 0 Å². The molecule has 1 rings (SSSR count). The molecule has 0 aliphatic carbocycles. The molecule has 2 heteroatoms. The highest BCUT2D eigenvalue weighted by Gasteiger charge is 2.29. The molecule has 1 atom stereocenters. The molecule has 0 aromatic rings. The molecule has 0 bridgehead atoms. The van der Waals surface area contributed by atoms with Crippen molar-refractivity contribution < 1.29 is 0 Å². The zero-order valence-electron chi connectivity index (χ0n) is 5.45. The van der Waals surface area contributed by atoms with Gasteiger partial charge in [0, 0.05) is 0 Å². The van der Waals surface area contributed by atoms with Gasteiger partial charge in [-0.05, 0) is 33.4 Å². The van der Waals surface area contributed by atoms with E-state index in [0.29, 0.717) is 3.55 Å². The molecule has 1 fully saturated rings. The summed E-state index contributed by atoms with van der Waals surface area (Å²) in [7, 11) is 2.19. The van der Waals surface area contributed by atoms with E-state index in [4.69, 9.17) is 0 Å². The molecule has 0 radical (unpaired) electrons. The molecule has 0 spiro atoms. The molecule has 0 aromatic carbocycles. The van der Waals surface area contributed by atoms with Gasteiger partial charge in [0.05, 0.1) is 3.55 Å². The monoisotopic (exact) mass is 225 g/mol. The highest BCUT2D eigenvalue weighted by atomic mass is 127. The van der Waals surface area contributed by atoms with E-state index in [1.54, 1.807) is 0 Å². The molecular weight excluding hydrogens is 213 g/mol. The lowest BCUT2D eigenvalue weighted by Crippen LogP contribution is -2.30. The Hall–Kier alpha value is 0.690. The zero-order valence-corrected chi connectivity index (χ0v) is 7.60. The number of rotatable bonds is 0. The van der Waals surface area contributed by atoms with Crippen LogP contribution in [-0.2, 0) is 0 Å². The first kappa shape index (κ1) is 6.81. The van der Waals surface area contributed by atoms with Crippen LogP contribution in [0.15, 0.2) is 0 Å². The number of halogens is 1. The minimum atomic E-state index is 0.456. The van der Waals surface area contributed by atoms with Crippen LogP contribution in [0.3, 0.4) is 0 Å². The van der Waals surface area contributed by atoms with Crippen molar-refractivity contribution in [3.05, 3.63) is 0 Å². The molecule has 1 aliphatic heterocycles. The highest BCUT2D eigenvalue weighted by molar-refractivity contribution is 14.1. The van der Waals surface area contributed by atoms with Crippen LogP contribution >= 0.6 is 22.6 Å². The summed E-state index contributed by atoms with van der Waals surface area (Å²) in [6.45, 7) is 3.57. The third kappa shape index (κ3) is 1.16. The number of hydrogen-bond acceptors (Lipinski definition) is 1. The van der Waals surface area contributed by atoms with Crippen LogP contribution in [0.1, 0.15) is 19.8 Å². The van der Waals surface area contributed by atoms with Crippen molar-refractivity contribution in [3.63, 3.8) is 0 Å². The van der Waals surface area contributed by atoms with Gasteiger partial charge in [0.1, 0.15) is 0 Å². The second kappa shape index (κ2) is 2.14. The molecule has 0 N–H and O–H groups in total. The molecule has 0 amide bonds. The summed E-state index contributed by atoms with van der Waals surface area (Å²) in [6.07, 6.45) is 2.72. The van der Waals surface area contributed by atoms with Crippen LogP contribution in [0.5, 0.6) is 0 Å². The van der Waals surface area contributed by atoms with Gasteiger partial charge in [-0.25, -0.2) is 0 Å². The normalized spacial score (nSPS) is 40.9. The van der Waals surface area contributed by atoms with Gasteiger partial charge in [-0.3, -0.25) is 4.90 Å². The standard InChI is InChI=1S/C6H12IN/c1-6(7)4-3-5-8(6)2/h3-5H2,1-2H3. The first-order valence-electron chi connectivity index (χ1n) is 3.03. The average Bonchev–Trinajstić information content (AvgIpc) is 1.86. The molecule has 48 valence electrons. The van der Waals surface area contributed by atoms with E-state index in [1.807, 2.05) is 0 Å². The summed E-state index contributed by atoms with van der Waals surface area (Å²) in [5.41, 5.74) is 0. The summed E-state index contributed by atoms with van der Waals surface area (Å²) in [4.78, 5) is 2.41. The number of nitrogens with zero attached hydrogens (tertiary/aromatic N) is 1. The van der Waals surface area contributed by atoms with Gasteiger partial charge in [-0.2, -0.15) is 0 Å². The van der Waals surface area contributed by atoms with Crippen molar-refractivity contribution in [1.82, 2.24) is 4.90 Å². The SMILES string of the molecule is CN1CCCC1(C)I. The van der Waals surface area contributed by atoms with Crippen molar-refractivity contribution >= 4 is 22.6 Å². The second-order valence-electron chi connectivity index (χ2n) is 2.67. The summed E-state index contributed by atoms with van der Waals surface area (Å²) < 4.78 is 0.456. The van der Waals surface area contributed by atoms with Crippen molar-refractivity contribution in [2.75, 3.05) is 13.6 Å². The Kier molecular flexibility index (Phi) is 1.82. The van der Waals surface area contributed by atoms with Gasteiger partial charge in [0.15, 0.2) is 0 Å².